The summed E-state index contributed by atoms with van der Waals surface area (Å²) in [5.41, 5.74) is 3.68. The highest BCUT2D eigenvalue weighted by Gasteiger charge is 2.36. The molecular formula is C26H22ClFN2O4S2. The van der Waals surface area contributed by atoms with Crippen molar-refractivity contribution in [1.82, 2.24) is 9.47 Å². The fraction of sp³-hybridized carbons (Fsp3) is 0.269. The number of hydrogen-bond donors (Lipinski definition) is 1. The number of fused-ring (bicyclic) bond motifs is 1. The van der Waals surface area contributed by atoms with Gasteiger partial charge in [-0.15, -0.1) is 11.3 Å². The molecule has 0 atom stereocenters. The number of rotatable bonds is 5. The number of nitrogens with zero attached hydrogens (tertiary/aromatic N) is 2. The summed E-state index contributed by atoms with van der Waals surface area (Å²) in [7, 11) is 0. The second-order valence-corrected chi connectivity index (χ2v) is 11.3. The Morgan fingerprint density at radius 3 is 2.69 bits per heavy atom. The quantitative estimate of drug-likeness (QED) is 0.359. The Labute approximate surface area is 220 Å². The molecule has 10 heteroatoms. The summed E-state index contributed by atoms with van der Waals surface area (Å²) in [6, 6.07) is 6.09. The van der Waals surface area contributed by atoms with Crippen LogP contribution in [0.1, 0.15) is 56.2 Å². The summed E-state index contributed by atoms with van der Waals surface area (Å²) in [6.45, 7) is 3.50. The van der Waals surface area contributed by atoms with Gasteiger partial charge in [-0.25, -0.2) is 9.18 Å². The average molecular weight is 545 g/mol. The van der Waals surface area contributed by atoms with E-state index in [1.165, 1.54) is 29.5 Å². The number of carbonyl (C=O) groups is 3. The molecule has 0 radical (unpaired) electrons. The van der Waals surface area contributed by atoms with E-state index in [0.29, 0.717) is 16.1 Å². The van der Waals surface area contributed by atoms with Crippen molar-refractivity contribution in [2.75, 3.05) is 0 Å². The molecule has 1 saturated heterocycles. The molecule has 1 N–H and O–H groups in total. The number of imide groups is 1. The number of carbonyl (C=O) groups excluding carboxylic acids is 2. The van der Waals surface area contributed by atoms with Crippen molar-refractivity contribution in [2.45, 2.75) is 46.1 Å². The van der Waals surface area contributed by atoms with E-state index in [9.17, 15) is 23.9 Å². The Kier molecular flexibility index (Phi) is 6.57. The number of hydrogen-bond acceptors (Lipinski definition) is 5. The van der Waals surface area contributed by atoms with E-state index in [2.05, 4.69) is 0 Å². The molecule has 0 saturated carbocycles. The molecule has 2 amide bonds. The first kappa shape index (κ1) is 24.8. The van der Waals surface area contributed by atoms with Crippen LogP contribution in [0.3, 0.4) is 0 Å². The number of aromatic carboxylic acids is 1. The molecule has 1 aliphatic heterocycles. The molecule has 5 rings (SSSR count). The van der Waals surface area contributed by atoms with Crippen LogP contribution in [0, 0.1) is 19.7 Å². The molecule has 0 bridgehead atoms. The maximum Gasteiger partial charge on any atom is 0.339 e. The number of benzene rings is 1. The minimum absolute atomic E-state index is 0.0868. The van der Waals surface area contributed by atoms with Crippen LogP contribution in [0.15, 0.2) is 29.2 Å². The molecule has 36 heavy (non-hydrogen) atoms. The van der Waals surface area contributed by atoms with Crippen molar-refractivity contribution in [3.63, 3.8) is 0 Å². The third kappa shape index (κ3) is 4.19. The van der Waals surface area contributed by atoms with Gasteiger partial charge in [-0.05, 0) is 86.7 Å². The molecule has 2 aliphatic rings. The lowest BCUT2D eigenvalue weighted by Gasteiger charge is -2.14. The van der Waals surface area contributed by atoms with Crippen LogP contribution < -0.4 is 0 Å². The van der Waals surface area contributed by atoms with Crippen LogP contribution in [-0.4, -0.2) is 31.7 Å². The molecule has 186 valence electrons. The highest BCUT2D eigenvalue weighted by atomic mass is 35.5. The van der Waals surface area contributed by atoms with Crippen molar-refractivity contribution in [3.05, 3.63) is 78.5 Å². The van der Waals surface area contributed by atoms with Gasteiger partial charge in [0.2, 0.25) is 0 Å². The summed E-state index contributed by atoms with van der Waals surface area (Å²) in [5.74, 6) is -2.04. The number of thioether (sulfide) groups is 1. The Bertz CT molecular complexity index is 1450. The maximum absolute atomic E-state index is 14.2. The van der Waals surface area contributed by atoms with Crippen molar-refractivity contribution in [1.29, 1.82) is 0 Å². The molecule has 3 heterocycles. The van der Waals surface area contributed by atoms with E-state index in [1.807, 2.05) is 24.5 Å². The molecule has 0 spiro atoms. The van der Waals surface area contributed by atoms with Crippen LogP contribution in [0.4, 0.5) is 9.18 Å². The first-order valence-corrected chi connectivity index (χ1v) is 13.4. The molecule has 0 unspecified atom stereocenters. The van der Waals surface area contributed by atoms with Gasteiger partial charge in [0.15, 0.2) is 0 Å². The lowest BCUT2D eigenvalue weighted by atomic mass is 9.95. The number of carboxylic acids is 1. The lowest BCUT2D eigenvalue weighted by Crippen LogP contribution is -2.28. The molecule has 1 aromatic carbocycles. The second-order valence-electron chi connectivity index (χ2n) is 8.83. The SMILES string of the molecule is Cc1cc(/C=C2\SC(=O)N(Cc3c(F)cccc3Cl)C2=O)c(C)n1-c1sc2c(c1C(=O)O)CCCC2. The third-order valence-corrected chi connectivity index (χ3v) is 9.12. The summed E-state index contributed by atoms with van der Waals surface area (Å²) in [4.78, 5) is 40.2. The highest BCUT2D eigenvalue weighted by molar-refractivity contribution is 8.18. The second kappa shape index (κ2) is 9.53. The highest BCUT2D eigenvalue weighted by Crippen LogP contribution is 2.40. The van der Waals surface area contributed by atoms with Gasteiger partial charge in [-0.3, -0.25) is 14.5 Å². The first-order chi connectivity index (χ1) is 17.2. The Balaban J connectivity index is 1.50. The molecule has 3 aromatic rings. The van der Waals surface area contributed by atoms with Crippen LogP contribution >= 0.6 is 34.7 Å². The maximum atomic E-state index is 14.2. The Morgan fingerprint density at radius 2 is 1.97 bits per heavy atom. The van der Waals surface area contributed by atoms with Gasteiger partial charge in [-0.1, -0.05) is 17.7 Å². The Morgan fingerprint density at radius 1 is 1.22 bits per heavy atom. The van der Waals surface area contributed by atoms with Crippen molar-refractivity contribution in [3.8, 4) is 5.00 Å². The molecular weight excluding hydrogens is 523 g/mol. The fourth-order valence-corrected chi connectivity index (χ4v) is 7.34. The van der Waals surface area contributed by atoms with E-state index in [-0.39, 0.29) is 22.0 Å². The zero-order valence-electron chi connectivity index (χ0n) is 19.6. The third-order valence-electron chi connectivity index (χ3n) is 6.58. The van der Waals surface area contributed by atoms with Gasteiger partial charge in [0, 0.05) is 26.9 Å². The zero-order chi connectivity index (χ0) is 25.7. The normalized spacial score (nSPS) is 16.8. The Hall–Kier alpha value is -2.88. The monoisotopic (exact) mass is 544 g/mol. The number of aryl methyl sites for hydroxylation is 2. The first-order valence-electron chi connectivity index (χ1n) is 11.4. The van der Waals surface area contributed by atoms with Gasteiger partial charge < -0.3 is 9.67 Å². The lowest BCUT2D eigenvalue weighted by molar-refractivity contribution is -0.123. The number of thiophene rings is 1. The van der Waals surface area contributed by atoms with Crippen molar-refractivity contribution >= 4 is 57.9 Å². The predicted octanol–water partition coefficient (Wildman–Crippen LogP) is 6.76. The average Bonchev–Trinajstić information content (AvgIpc) is 3.42. The summed E-state index contributed by atoms with van der Waals surface area (Å²) < 4.78 is 16.2. The van der Waals surface area contributed by atoms with E-state index < -0.39 is 22.9 Å². The summed E-state index contributed by atoms with van der Waals surface area (Å²) in [5, 5.41) is 10.3. The van der Waals surface area contributed by atoms with Gasteiger partial charge in [0.1, 0.15) is 10.8 Å². The molecule has 6 nitrogen and oxygen atoms in total. The standard InChI is InChI=1S/C26H22ClFN2O4S2/c1-13-10-15(14(2)30(13)24-22(25(32)33)16-6-3-4-9-20(16)35-24)11-21-23(31)29(26(34)36-21)12-17-18(27)7-5-8-19(17)28/h5,7-8,10-11H,3-4,6,9,12H2,1-2H3,(H,32,33)/b21-11-. The molecule has 1 fully saturated rings. The van der Waals surface area contributed by atoms with E-state index >= 15 is 0 Å². The van der Waals surface area contributed by atoms with Gasteiger partial charge in [0.05, 0.1) is 17.0 Å². The number of amides is 2. The number of aromatic nitrogens is 1. The van der Waals surface area contributed by atoms with Crippen LogP contribution in [0.25, 0.3) is 11.1 Å². The summed E-state index contributed by atoms with van der Waals surface area (Å²) in [6.07, 6.45) is 5.31. The fourth-order valence-electron chi connectivity index (χ4n) is 4.79. The number of halogens is 2. The molecule has 2 aromatic heterocycles. The van der Waals surface area contributed by atoms with Crippen LogP contribution in [0.5, 0.6) is 0 Å². The van der Waals surface area contributed by atoms with Crippen molar-refractivity contribution in [2.24, 2.45) is 0 Å². The van der Waals surface area contributed by atoms with Gasteiger partial charge in [0.25, 0.3) is 11.1 Å². The van der Waals surface area contributed by atoms with Crippen LogP contribution in [0.2, 0.25) is 5.02 Å². The minimum atomic E-state index is -0.939. The van der Waals surface area contributed by atoms with E-state index in [0.717, 1.165) is 64.2 Å². The topological polar surface area (TPSA) is 79.6 Å². The molecule has 1 aliphatic carbocycles. The predicted molar refractivity (Wildman–Crippen MR) is 140 cm³/mol. The summed E-state index contributed by atoms with van der Waals surface area (Å²) >= 11 is 8.39. The van der Waals surface area contributed by atoms with E-state index in [1.54, 1.807) is 6.08 Å². The minimum Gasteiger partial charge on any atom is -0.478 e. The van der Waals surface area contributed by atoms with Crippen molar-refractivity contribution < 1.29 is 23.9 Å². The number of carboxylic acid groups (broad SMARTS) is 1. The van der Waals surface area contributed by atoms with E-state index in [4.69, 9.17) is 11.6 Å². The zero-order valence-corrected chi connectivity index (χ0v) is 22.0. The van der Waals surface area contributed by atoms with Gasteiger partial charge >= 0.3 is 5.97 Å². The smallest absolute Gasteiger partial charge is 0.339 e. The van der Waals surface area contributed by atoms with Gasteiger partial charge in [-0.2, -0.15) is 0 Å². The largest absolute Gasteiger partial charge is 0.478 e. The van der Waals surface area contributed by atoms with Crippen LogP contribution in [-0.2, 0) is 24.2 Å².